The third-order valence-electron chi connectivity index (χ3n) is 3.87. The van der Waals surface area contributed by atoms with Crippen molar-refractivity contribution in [1.82, 2.24) is 4.57 Å². The molecule has 0 aliphatic carbocycles. The quantitative estimate of drug-likeness (QED) is 0.549. The number of carbonyl (C=O) groups is 1. The van der Waals surface area contributed by atoms with Crippen molar-refractivity contribution in [2.45, 2.75) is 6.92 Å². The van der Waals surface area contributed by atoms with Gasteiger partial charge in [0, 0.05) is 25.4 Å². The van der Waals surface area contributed by atoms with Crippen LogP contribution in [0.5, 0.6) is 11.5 Å². The second-order valence-corrected chi connectivity index (χ2v) is 5.45. The number of nitrogens with zero attached hydrogens (tertiary/aromatic N) is 1. The average Bonchev–Trinajstić information content (AvgIpc) is 2.58. The van der Waals surface area contributed by atoms with Crippen LogP contribution in [0.2, 0.25) is 0 Å². The van der Waals surface area contributed by atoms with E-state index >= 15 is 0 Å². The highest BCUT2D eigenvalue weighted by molar-refractivity contribution is 5.83. The number of pyridine rings is 1. The Balaban J connectivity index is 2.11. The Hall–Kier alpha value is -3.08. The van der Waals surface area contributed by atoms with Crippen molar-refractivity contribution in [2.75, 3.05) is 7.11 Å². The van der Waals surface area contributed by atoms with Gasteiger partial charge in [0.2, 0.25) is 0 Å². The highest BCUT2D eigenvalue weighted by atomic mass is 16.5. The number of aryl methyl sites for hydroxylation is 1. The molecule has 5 nitrogen and oxygen atoms in total. The molecule has 0 saturated carbocycles. The van der Waals surface area contributed by atoms with E-state index in [0.717, 1.165) is 16.8 Å². The highest BCUT2D eigenvalue weighted by Crippen LogP contribution is 2.25. The molecule has 0 spiro atoms. The predicted molar refractivity (Wildman–Crippen MR) is 92.5 cm³/mol. The van der Waals surface area contributed by atoms with Crippen LogP contribution in [-0.4, -0.2) is 17.6 Å². The topological polar surface area (TPSA) is 57.5 Å². The second-order valence-electron chi connectivity index (χ2n) is 5.45. The van der Waals surface area contributed by atoms with E-state index in [9.17, 15) is 9.59 Å². The maximum atomic E-state index is 12.5. The summed E-state index contributed by atoms with van der Waals surface area (Å²) in [5, 5.41) is 0.608. The van der Waals surface area contributed by atoms with Gasteiger partial charge in [-0.15, -0.1) is 0 Å². The molecular weight excluding hydrogens is 306 g/mol. The summed E-state index contributed by atoms with van der Waals surface area (Å²) in [6.45, 7) is 1.36. The molecule has 0 atom stereocenters. The van der Waals surface area contributed by atoms with Crippen LogP contribution in [0.1, 0.15) is 6.92 Å². The maximum Gasteiger partial charge on any atom is 0.308 e. The minimum Gasteiger partial charge on any atom is -0.497 e. The van der Waals surface area contributed by atoms with Gasteiger partial charge in [0.05, 0.1) is 18.3 Å². The zero-order chi connectivity index (χ0) is 17.3. The van der Waals surface area contributed by atoms with Crippen LogP contribution >= 0.6 is 0 Å². The van der Waals surface area contributed by atoms with Crippen molar-refractivity contribution in [3.63, 3.8) is 0 Å². The van der Waals surface area contributed by atoms with E-state index < -0.39 is 0 Å². The third kappa shape index (κ3) is 2.88. The van der Waals surface area contributed by atoms with E-state index in [0.29, 0.717) is 16.9 Å². The standard InChI is InChI=1S/C19H17NO4/c1-12(21)24-14-6-4-13(5-7-14)18-11-19(22)16-10-15(23-3)8-9-17(16)20(18)2/h4-11H,1-3H3. The fraction of sp³-hybridized carbons (Fsp3) is 0.158. The molecule has 0 fully saturated rings. The molecule has 0 amide bonds. The summed E-state index contributed by atoms with van der Waals surface area (Å²) < 4.78 is 12.2. The highest BCUT2D eigenvalue weighted by Gasteiger charge is 2.10. The normalized spacial score (nSPS) is 10.6. The molecule has 3 aromatic rings. The van der Waals surface area contributed by atoms with Gasteiger partial charge in [-0.3, -0.25) is 9.59 Å². The van der Waals surface area contributed by atoms with Crippen LogP contribution in [0.25, 0.3) is 22.2 Å². The van der Waals surface area contributed by atoms with E-state index in [1.54, 1.807) is 31.4 Å². The number of esters is 1. The van der Waals surface area contributed by atoms with Crippen LogP contribution in [0.15, 0.2) is 53.3 Å². The Morgan fingerprint density at radius 3 is 2.29 bits per heavy atom. The first kappa shape index (κ1) is 15.8. The van der Waals surface area contributed by atoms with Gasteiger partial charge in [-0.2, -0.15) is 0 Å². The van der Waals surface area contributed by atoms with Crippen molar-refractivity contribution in [2.24, 2.45) is 7.05 Å². The Bertz CT molecular complexity index is 971. The molecule has 2 aromatic carbocycles. The summed E-state index contributed by atoms with van der Waals surface area (Å²) in [5.41, 5.74) is 2.40. The molecular formula is C19H17NO4. The average molecular weight is 323 g/mol. The van der Waals surface area contributed by atoms with Gasteiger partial charge in [-0.05, 0) is 48.0 Å². The Labute approximate surface area is 139 Å². The number of rotatable bonds is 3. The summed E-state index contributed by atoms with van der Waals surface area (Å²) in [6, 6.07) is 14.1. The maximum absolute atomic E-state index is 12.5. The first-order chi connectivity index (χ1) is 11.5. The minimum absolute atomic E-state index is 0.0685. The molecule has 5 heteroatoms. The number of hydrogen-bond acceptors (Lipinski definition) is 4. The number of fused-ring (bicyclic) bond motifs is 1. The van der Waals surface area contributed by atoms with E-state index in [4.69, 9.17) is 9.47 Å². The monoisotopic (exact) mass is 323 g/mol. The summed E-state index contributed by atoms with van der Waals surface area (Å²) in [4.78, 5) is 23.5. The molecule has 0 unspecified atom stereocenters. The SMILES string of the molecule is COc1ccc2c(c1)c(=O)cc(-c1ccc(OC(C)=O)cc1)n2C. The van der Waals surface area contributed by atoms with Gasteiger partial charge in [0.1, 0.15) is 11.5 Å². The van der Waals surface area contributed by atoms with Crippen molar-refractivity contribution in [3.8, 4) is 22.8 Å². The molecule has 122 valence electrons. The minimum atomic E-state index is -0.366. The zero-order valence-corrected chi connectivity index (χ0v) is 13.7. The number of methoxy groups -OCH3 is 1. The van der Waals surface area contributed by atoms with Crippen LogP contribution in [-0.2, 0) is 11.8 Å². The largest absolute Gasteiger partial charge is 0.497 e. The molecule has 0 aliphatic rings. The van der Waals surface area contributed by atoms with Crippen molar-refractivity contribution < 1.29 is 14.3 Å². The van der Waals surface area contributed by atoms with Gasteiger partial charge in [0.15, 0.2) is 5.43 Å². The van der Waals surface area contributed by atoms with E-state index in [1.807, 2.05) is 35.9 Å². The summed E-state index contributed by atoms with van der Waals surface area (Å²) in [7, 11) is 3.48. The number of benzene rings is 2. The van der Waals surface area contributed by atoms with E-state index in [2.05, 4.69) is 0 Å². The lowest BCUT2D eigenvalue weighted by molar-refractivity contribution is -0.131. The second kappa shape index (κ2) is 6.20. The molecule has 0 radical (unpaired) electrons. The smallest absolute Gasteiger partial charge is 0.308 e. The van der Waals surface area contributed by atoms with Gasteiger partial charge in [0.25, 0.3) is 0 Å². The molecule has 1 aromatic heterocycles. The van der Waals surface area contributed by atoms with Crippen molar-refractivity contribution in [1.29, 1.82) is 0 Å². The van der Waals surface area contributed by atoms with Crippen LogP contribution < -0.4 is 14.9 Å². The molecule has 0 N–H and O–H groups in total. The molecule has 0 bridgehead atoms. The van der Waals surface area contributed by atoms with Gasteiger partial charge in [-0.25, -0.2) is 0 Å². The van der Waals surface area contributed by atoms with Crippen LogP contribution in [0.3, 0.4) is 0 Å². The summed E-state index contributed by atoms with van der Waals surface area (Å²) in [6.07, 6.45) is 0. The number of ether oxygens (including phenoxy) is 2. The van der Waals surface area contributed by atoms with Gasteiger partial charge in [-0.1, -0.05) is 0 Å². The first-order valence-corrected chi connectivity index (χ1v) is 7.46. The van der Waals surface area contributed by atoms with Crippen molar-refractivity contribution >= 4 is 16.9 Å². The Morgan fingerprint density at radius 1 is 1.00 bits per heavy atom. The lowest BCUT2D eigenvalue weighted by Gasteiger charge is -2.13. The fourth-order valence-electron chi connectivity index (χ4n) is 2.70. The molecule has 24 heavy (non-hydrogen) atoms. The van der Waals surface area contributed by atoms with E-state index in [1.165, 1.54) is 6.92 Å². The van der Waals surface area contributed by atoms with Gasteiger partial charge >= 0.3 is 5.97 Å². The summed E-state index contributed by atoms with van der Waals surface area (Å²) >= 11 is 0. The molecule has 1 heterocycles. The summed E-state index contributed by atoms with van der Waals surface area (Å²) in [5.74, 6) is 0.759. The van der Waals surface area contributed by atoms with E-state index in [-0.39, 0.29) is 11.4 Å². The van der Waals surface area contributed by atoms with Gasteiger partial charge < -0.3 is 14.0 Å². The molecule has 3 rings (SSSR count). The van der Waals surface area contributed by atoms with Crippen molar-refractivity contribution in [3.05, 3.63) is 58.8 Å². The predicted octanol–water partition coefficient (Wildman–Crippen LogP) is 3.14. The number of hydrogen-bond donors (Lipinski definition) is 0. The van der Waals surface area contributed by atoms with Crippen LogP contribution in [0.4, 0.5) is 0 Å². The zero-order valence-electron chi connectivity index (χ0n) is 13.7. The lowest BCUT2D eigenvalue weighted by Crippen LogP contribution is -2.09. The first-order valence-electron chi connectivity index (χ1n) is 7.46. The molecule has 0 aliphatic heterocycles. The lowest BCUT2D eigenvalue weighted by atomic mass is 10.1. The Morgan fingerprint density at radius 2 is 1.67 bits per heavy atom. The molecule has 0 saturated heterocycles. The van der Waals surface area contributed by atoms with Crippen LogP contribution in [0, 0.1) is 0 Å². The Kier molecular flexibility index (Phi) is 4.08. The number of aromatic nitrogens is 1. The third-order valence-corrected chi connectivity index (χ3v) is 3.87. The fourth-order valence-corrected chi connectivity index (χ4v) is 2.70. The number of carbonyl (C=O) groups excluding carboxylic acids is 1.